The number of hydrogen-bond acceptors (Lipinski definition) is 7. The summed E-state index contributed by atoms with van der Waals surface area (Å²) < 4.78 is 5.84. The van der Waals surface area contributed by atoms with E-state index in [0.717, 1.165) is 27.1 Å². The number of nitrogens with zero attached hydrogens (tertiary/aromatic N) is 1. The minimum Gasteiger partial charge on any atom is -0.480 e. The lowest BCUT2D eigenvalue weighted by Gasteiger charge is -2.31. The quantitative estimate of drug-likeness (QED) is 0.183. The Morgan fingerprint density at radius 3 is 2.58 bits per heavy atom. The standard InChI is InChI=1S/C34H29ClN4O6/c1-18-13-26-22(14-24(18)35)30(40)23(17-45-26)29-27-28(32(42)39(31(27)41)12-11-36-20-7-3-2-4-8-20)34(38-29,33(43)44)15-19-16-37-25-10-6-5-9-21(19)25/h2-10,13-14,16-17,27-29,36-38H,11-12,15H2,1H3,(H,43,44). The molecule has 2 saturated heterocycles. The number of nitrogens with one attached hydrogen (secondary N) is 3. The number of para-hydroxylation sites is 2. The summed E-state index contributed by atoms with van der Waals surface area (Å²) in [6.45, 7) is 2.07. The number of fused-ring (bicyclic) bond motifs is 3. The van der Waals surface area contributed by atoms with Gasteiger partial charge in [-0.2, -0.15) is 0 Å². The number of rotatable bonds is 8. The monoisotopic (exact) mass is 624 g/mol. The summed E-state index contributed by atoms with van der Waals surface area (Å²) in [5.41, 5.74) is 1.03. The SMILES string of the molecule is Cc1cc2occ(C3NC(Cc4c[nH]c5ccccc45)(C(=O)O)C4C(=O)N(CCNc5ccccc5)C(=O)C34)c(=O)c2cc1Cl. The third-order valence-corrected chi connectivity index (χ3v) is 9.53. The Kier molecular flexibility index (Phi) is 6.98. The highest BCUT2D eigenvalue weighted by molar-refractivity contribution is 6.32. The number of aryl methyl sites for hydroxylation is 1. The second kappa shape index (κ2) is 10.9. The molecule has 4 unspecified atom stereocenters. The number of carbonyl (C=O) groups is 3. The lowest BCUT2D eigenvalue weighted by atomic mass is 9.76. The average Bonchev–Trinajstić information content (AvgIpc) is 3.67. The van der Waals surface area contributed by atoms with Gasteiger partial charge in [-0.3, -0.25) is 29.4 Å². The Morgan fingerprint density at radius 1 is 1.04 bits per heavy atom. The van der Waals surface area contributed by atoms with E-state index in [1.54, 1.807) is 19.2 Å². The number of aliphatic carboxylic acids is 1. The molecule has 2 amide bonds. The Bertz CT molecular complexity index is 2060. The first-order chi connectivity index (χ1) is 21.7. The van der Waals surface area contributed by atoms with Crippen molar-refractivity contribution in [3.8, 4) is 0 Å². The fraction of sp³-hybridized carbons (Fsp3) is 0.235. The van der Waals surface area contributed by atoms with Crippen molar-refractivity contribution in [3.63, 3.8) is 0 Å². The Hall–Kier alpha value is -4.93. The fourth-order valence-electron chi connectivity index (χ4n) is 6.91. The van der Waals surface area contributed by atoms with Gasteiger partial charge in [0.15, 0.2) is 5.43 Å². The van der Waals surface area contributed by atoms with Gasteiger partial charge in [0.25, 0.3) is 0 Å². The van der Waals surface area contributed by atoms with Gasteiger partial charge in [-0.25, -0.2) is 0 Å². The molecule has 5 aromatic rings. The summed E-state index contributed by atoms with van der Waals surface area (Å²) in [5.74, 6) is -4.87. The van der Waals surface area contributed by atoms with Crippen LogP contribution in [0.3, 0.4) is 0 Å². The Morgan fingerprint density at radius 2 is 1.80 bits per heavy atom. The largest absolute Gasteiger partial charge is 0.480 e. The third kappa shape index (κ3) is 4.60. The molecule has 10 nitrogen and oxygen atoms in total. The lowest BCUT2D eigenvalue weighted by Crippen LogP contribution is -2.57. The molecule has 0 bridgehead atoms. The van der Waals surface area contributed by atoms with E-state index >= 15 is 0 Å². The molecule has 11 heteroatoms. The lowest BCUT2D eigenvalue weighted by molar-refractivity contribution is -0.151. The molecule has 4 atom stereocenters. The number of amides is 2. The number of hydrogen-bond donors (Lipinski definition) is 4. The summed E-state index contributed by atoms with van der Waals surface area (Å²) in [7, 11) is 0. The van der Waals surface area contributed by atoms with E-state index < -0.39 is 46.6 Å². The van der Waals surface area contributed by atoms with Gasteiger partial charge in [0, 0.05) is 47.3 Å². The van der Waals surface area contributed by atoms with Crippen LogP contribution in [0.5, 0.6) is 0 Å². The van der Waals surface area contributed by atoms with E-state index in [0.29, 0.717) is 16.2 Å². The number of aromatic amines is 1. The van der Waals surface area contributed by atoms with Crippen molar-refractivity contribution >= 4 is 56.9 Å². The van der Waals surface area contributed by atoms with Crippen molar-refractivity contribution in [1.82, 2.24) is 15.2 Å². The van der Waals surface area contributed by atoms with Crippen LogP contribution < -0.4 is 16.1 Å². The highest BCUT2D eigenvalue weighted by atomic mass is 35.5. The number of benzene rings is 3. The van der Waals surface area contributed by atoms with E-state index in [4.69, 9.17) is 16.0 Å². The van der Waals surface area contributed by atoms with Crippen molar-refractivity contribution in [1.29, 1.82) is 0 Å². The first-order valence-electron chi connectivity index (χ1n) is 14.6. The third-order valence-electron chi connectivity index (χ3n) is 9.13. The molecule has 3 aromatic carbocycles. The molecule has 45 heavy (non-hydrogen) atoms. The number of likely N-dealkylation sites (tertiary alicyclic amines) is 1. The van der Waals surface area contributed by atoms with Crippen molar-refractivity contribution in [2.75, 3.05) is 18.4 Å². The first kappa shape index (κ1) is 28.8. The van der Waals surface area contributed by atoms with Crippen LogP contribution in [0.4, 0.5) is 5.69 Å². The number of carboxylic acids is 1. The molecule has 4 N–H and O–H groups in total. The molecule has 7 rings (SSSR count). The van der Waals surface area contributed by atoms with Crippen molar-refractivity contribution < 1.29 is 23.9 Å². The summed E-state index contributed by atoms with van der Waals surface area (Å²) in [6, 6.07) is 18.8. The van der Waals surface area contributed by atoms with E-state index in [-0.39, 0.29) is 30.5 Å². The average molecular weight is 625 g/mol. The van der Waals surface area contributed by atoms with Gasteiger partial charge in [-0.1, -0.05) is 48.0 Å². The zero-order valence-electron chi connectivity index (χ0n) is 24.2. The molecule has 4 heterocycles. The summed E-state index contributed by atoms with van der Waals surface area (Å²) >= 11 is 6.34. The van der Waals surface area contributed by atoms with Gasteiger partial charge in [0.2, 0.25) is 11.8 Å². The number of halogens is 1. The maximum absolute atomic E-state index is 14.2. The van der Waals surface area contributed by atoms with Crippen LogP contribution in [0.2, 0.25) is 5.02 Å². The van der Waals surface area contributed by atoms with Crippen molar-refractivity contribution in [2.45, 2.75) is 24.9 Å². The number of imide groups is 1. The molecule has 0 spiro atoms. The summed E-state index contributed by atoms with van der Waals surface area (Å²) in [4.78, 5) is 59.8. The molecule has 228 valence electrons. The fourth-order valence-corrected chi connectivity index (χ4v) is 7.08. The van der Waals surface area contributed by atoms with Crippen LogP contribution in [0.1, 0.15) is 22.7 Å². The number of carbonyl (C=O) groups excluding carboxylic acids is 2. The number of carboxylic acid groups (broad SMARTS) is 1. The first-order valence-corrected chi connectivity index (χ1v) is 15.0. The Balaban J connectivity index is 1.32. The molecule has 2 fully saturated rings. The van der Waals surface area contributed by atoms with Gasteiger partial charge in [-0.05, 0) is 48.4 Å². The minimum absolute atomic E-state index is 0.0241. The smallest absolute Gasteiger partial charge is 0.325 e. The number of aromatic nitrogens is 1. The normalized spacial score (nSPS) is 22.8. The zero-order chi connectivity index (χ0) is 31.5. The van der Waals surface area contributed by atoms with E-state index in [1.807, 2.05) is 54.6 Å². The molecular weight excluding hydrogens is 596 g/mol. The highest BCUT2D eigenvalue weighted by Crippen LogP contribution is 2.50. The topological polar surface area (TPSA) is 145 Å². The molecule has 2 aliphatic rings. The maximum Gasteiger partial charge on any atom is 0.325 e. The molecule has 0 saturated carbocycles. The van der Waals surface area contributed by atoms with Gasteiger partial charge in [0.05, 0.1) is 35.1 Å². The molecule has 0 aliphatic carbocycles. The van der Waals surface area contributed by atoms with Gasteiger partial charge in [-0.15, -0.1) is 0 Å². The van der Waals surface area contributed by atoms with E-state index in [1.165, 1.54) is 12.3 Å². The van der Waals surface area contributed by atoms with Crippen LogP contribution >= 0.6 is 11.6 Å². The molecule has 2 aliphatic heterocycles. The molecular formula is C34H29ClN4O6. The molecule has 0 radical (unpaired) electrons. The highest BCUT2D eigenvalue weighted by Gasteiger charge is 2.68. The second-order valence-electron chi connectivity index (χ2n) is 11.7. The second-order valence-corrected chi connectivity index (χ2v) is 12.1. The van der Waals surface area contributed by atoms with Crippen LogP contribution in [-0.4, -0.2) is 51.4 Å². The van der Waals surface area contributed by atoms with Gasteiger partial charge < -0.3 is 19.8 Å². The van der Waals surface area contributed by atoms with Crippen molar-refractivity contribution in [3.05, 3.63) is 111 Å². The predicted molar refractivity (Wildman–Crippen MR) is 169 cm³/mol. The maximum atomic E-state index is 14.2. The minimum atomic E-state index is -1.90. The van der Waals surface area contributed by atoms with Crippen LogP contribution in [0.15, 0.2) is 88.4 Å². The van der Waals surface area contributed by atoms with Gasteiger partial charge >= 0.3 is 5.97 Å². The van der Waals surface area contributed by atoms with Gasteiger partial charge in [0.1, 0.15) is 11.1 Å². The van der Waals surface area contributed by atoms with E-state index in [9.17, 15) is 24.3 Å². The number of H-pyrrole nitrogens is 1. The predicted octanol–water partition coefficient (Wildman–Crippen LogP) is 4.66. The summed E-state index contributed by atoms with van der Waals surface area (Å²) in [5, 5.41) is 18.6. The Labute approximate surface area is 262 Å². The summed E-state index contributed by atoms with van der Waals surface area (Å²) in [6.07, 6.45) is 2.87. The van der Waals surface area contributed by atoms with Crippen LogP contribution in [-0.2, 0) is 20.8 Å². The van der Waals surface area contributed by atoms with Crippen molar-refractivity contribution in [2.24, 2.45) is 11.8 Å². The number of anilines is 1. The van der Waals surface area contributed by atoms with E-state index in [2.05, 4.69) is 15.6 Å². The van der Waals surface area contributed by atoms with Crippen LogP contribution in [0, 0.1) is 18.8 Å². The zero-order valence-corrected chi connectivity index (χ0v) is 24.9. The molecule has 2 aromatic heterocycles. The van der Waals surface area contributed by atoms with Crippen LogP contribution in [0.25, 0.3) is 21.9 Å².